The SMILES string of the molecule is O=c1c(OCc2ccccc2)cccn1CCCCCNOCc1ccccc1. The number of hydrogen-bond acceptors (Lipinski definition) is 4. The van der Waals surface area contributed by atoms with Crippen LogP contribution < -0.4 is 15.8 Å². The predicted molar refractivity (Wildman–Crippen MR) is 115 cm³/mol. The van der Waals surface area contributed by atoms with Gasteiger partial charge in [0.2, 0.25) is 0 Å². The molecule has 5 nitrogen and oxygen atoms in total. The van der Waals surface area contributed by atoms with Crippen LogP contribution in [0.15, 0.2) is 83.8 Å². The number of benzene rings is 2. The first-order valence-corrected chi connectivity index (χ1v) is 10.1. The Balaban J connectivity index is 1.32. The molecule has 2 aromatic carbocycles. The van der Waals surface area contributed by atoms with Crippen molar-refractivity contribution in [2.45, 2.75) is 39.0 Å². The summed E-state index contributed by atoms with van der Waals surface area (Å²) in [5, 5.41) is 0. The fourth-order valence-electron chi connectivity index (χ4n) is 2.97. The molecule has 152 valence electrons. The van der Waals surface area contributed by atoms with E-state index in [1.165, 1.54) is 0 Å². The number of pyridine rings is 1. The van der Waals surface area contributed by atoms with E-state index in [1.54, 1.807) is 10.6 Å². The number of aryl methyl sites for hydroxylation is 1. The van der Waals surface area contributed by atoms with Crippen molar-refractivity contribution >= 4 is 0 Å². The zero-order valence-electron chi connectivity index (χ0n) is 16.6. The van der Waals surface area contributed by atoms with Gasteiger partial charge in [-0.15, -0.1) is 0 Å². The van der Waals surface area contributed by atoms with Gasteiger partial charge in [-0.05, 0) is 36.1 Å². The van der Waals surface area contributed by atoms with E-state index in [9.17, 15) is 4.79 Å². The van der Waals surface area contributed by atoms with Gasteiger partial charge in [-0.2, -0.15) is 0 Å². The number of rotatable bonds is 12. The molecule has 29 heavy (non-hydrogen) atoms. The third-order valence-corrected chi connectivity index (χ3v) is 4.58. The number of nitrogens with one attached hydrogen (secondary N) is 1. The van der Waals surface area contributed by atoms with Crippen LogP contribution in [0, 0.1) is 0 Å². The molecule has 0 saturated carbocycles. The normalized spacial score (nSPS) is 10.8. The molecule has 3 aromatic rings. The summed E-state index contributed by atoms with van der Waals surface area (Å²) in [5.41, 5.74) is 5.11. The first-order chi connectivity index (χ1) is 14.3. The fraction of sp³-hybridized carbons (Fsp3) is 0.292. The third-order valence-electron chi connectivity index (χ3n) is 4.58. The van der Waals surface area contributed by atoms with Gasteiger partial charge in [-0.25, -0.2) is 5.48 Å². The molecule has 0 spiro atoms. The molecule has 0 radical (unpaired) electrons. The first-order valence-electron chi connectivity index (χ1n) is 10.1. The van der Waals surface area contributed by atoms with Crippen molar-refractivity contribution in [3.63, 3.8) is 0 Å². The molecule has 0 saturated heterocycles. The van der Waals surface area contributed by atoms with Gasteiger partial charge in [0.05, 0.1) is 6.61 Å². The van der Waals surface area contributed by atoms with Gasteiger partial charge in [-0.1, -0.05) is 67.1 Å². The number of aromatic nitrogens is 1. The number of nitrogens with zero attached hydrogens (tertiary/aromatic N) is 1. The van der Waals surface area contributed by atoms with E-state index in [2.05, 4.69) is 5.48 Å². The van der Waals surface area contributed by atoms with Crippen LogP contribution in [0.25, 0.3) is 0 Å². The lowest BCUT2D eigenvalue weighted by atomic mass is 10.2. The molecular weight excluding hydrogens is 364 g/mol. The Morgan fingerprint density at radius 3 is 2.17 bits per heavy atom. The summed E-state index contributed by atoms with van der Waals surface area (Å²) in [6.07, 6.45) is 4.76. The molecule has 0 atom stereocenters. The van der Waals surface area contributed by atoms with Crippen molar-refractivity contribution in [2.24, 2.45) is 0 Å². The Labute approximate surface area is 171 Å². The summed E-state index contributed by atoms with van der Waals surface area (Å²) in [7, 11) is 0. The zero-order valence-corrected chi connectivity index (χ0v) is 16.6. The summed E-state index contributed by atoms with van der Waals surface area (Å²) in [4.78, 5) is 18.0. The summed E-state index contributed by atoms with van der Waals surface area (Å²) in [6, 6.07) is 23.5. The summed E-state index contributed by atoms with van der Waals surface area (Å²) in [6.45, 7) is 2.44. The molecule has 0 fully saturated rings. The molecular formula is C24H28N2O3. The van der Waals surface area contributed by atoms with Crippen molar-refractivity contribution in [2.75, 3.05) is 6.54 Å². The van der Waals surface area contributed by atoms with E-state index in [4.69, 9.17) is 9.57 Å². The number of ether oxygens (including phenoxy) is 1. The van der Waals surface area contributed by atoms with Crippen molar-refractivity contribution in [3.05, 3.63) is 100 Å². The average Bonchev–Trinajstić information content (AvgIpc) is 2.77. The van der Waals surface area contributed by atoms with Crippen LogP contribution >= 0.6 is 0 Å². The lowest BCUT2D eigenvalue weighted by Crippen LogP contribution is -2.21. The quantitative estimate of drug-likeness (QED) is 0.368. The molecule has 1 aromatic heterocycles. The highest BCUT2D eigenvalue weighted by molar-refractivity contribution is 5.19. The van der Waals surface area contributed by atoms with Crippen molar-refractivity contribution in [1.29, 1.82) is 0 Å². The van der Waals surface area contributed by atoms with Gasteiger partial charge in [0.25, 0.3) is 5.56 Å². The highest BCUT2D eigenvalue weighted by atomic mass is 16.6. The predicted octanol–water partition coefficient (Wildman–Crippen LogP) is 4.32. The smallest absolute Gasteiger partial charge is 0.292 e. The van der Waals surface area contributed by atoms with E-state index in [-0.39, 0.29) is 5.56 Å². The van der Waals surface area contributed by atoms with Gasteiger partial charge in [0.1, 0.15) is 6.61 Å². The first kappa shape index (κ1) is 20.8. The minimum Gasteiger partial charge on any atom is -0.483 e. The zero-order chi connectivity index (χ0) is 20.2. The van der Waals surface area contributed by atoms with Crippen molar-refractivity contribution < 1.29 is 9.57 Å². The van der Waals surface area contributed by atoms with Crippen LogP contribution in [-0.2, 0) is 24.6 Å². The Hall–Kier alpha value is -2.89. The van der Waals surface area contributed by atoms with Gasteiger partial charge in [0.15, 0.2) is 5.75 Å². The lowest BCUT2D eigenvalue weighted by Gasteiger charge is -2.10. The number of unbranched alkanes of at least 4 members (excludes halogenated alkanes) is 2. The molecule has 0 aliphatic carbocycles. The Bertz CT molecular complexity index is 895. The monoisotopic (exact) mass is 392 g/mol. The molecule has 0 bridgehead atoms. The minimum atomic E-state index is -0.0762. The molecule has 0 aliphatic heterocycles. The van der Waals surface area contributed by atoms with Crippen LogP contribution in [0.4, 0.5) is 0 Å². The maximum atomic E-state index is 12.5. The highest BCUT2D eigenvalue weighted by Crippen LogP contribution is 2.08. The maximum Gasteiger partial charge on any atom is 0.292 e. The lowest BCUT2D eigenvalue weighted by molar-refractivity contribution is 0.0272. The average molecular weight is 392 g/mol. The van der Waals surface area contributed by atoms with Crippen molar-refractivity contribution in [3.8, 4) is 5.75 Å². The second-order valence-electron chi connectivity index (χ2n) is 6.87. The summed E-state index contributed by atoms with van der Waals surface area (Å²) >= 11 is 0. The van der Waals surface area contributed by atoms with Crippen LogP contribution in [0.5, 0.6) is 5.75 Å². The van der Waals surface area contributed by atoms with E-state index in [1.807, 2.05) is 72.9 Å². The largest absolute Gasteiger partial charge is 0.483 e. The van der Waals surface area contributed by atoms with E-state index < -0.39 is 0 Å². The second-order valence-corrected chi connectivity index (χ2v) is 6.87. The molecule has 3 rings (SSSR count). The van der Waals surface area contributed by atoms with Gasteiger partial charge < -0.3 is 9.30 Å². The minimum absolute atomic E-state index is 0.0762. The molecule has 0 amide bonds. The van der Waals surface area contributed by atoms with Crippen LogP contribution in [-0.4, -0.2) is 11.1 Å². The second kappa shape index (κ2) is 11.8. The van der Waals surface area contributed by atoms with E-state index >= 15 is 0 Å². The molecule has 1 N–H and O–H groups in total. The van der Waals surface area contributed by atoms with Crippen LogP contribution in [0.1, 0.15) is 30.4 Å². The fourth-order valence-corrected chi connectivity index (χ4v) is 2.97. The summed E-state index contributed by atoms with van der Waals surface area (Å²) in [5.74, 6) is 0.396. The summed E-state index contributed by atoms with van der Waals surface area (Å²) < 4.78 is 7.43. The Morgan fingerprint density at radius 2 is 1.45 bits per heavy atom. The highest BCUT2D eigenvalue weighted by Gasteiger charge is 2.04. The van der Waals surface area contributed by atoms with Gasteiger partial charge in [-0.3, -0.25) is 9.63 Å². The van der Waals surface area contributed by atoms with Crippen LogP contribution in [0.2, 0.25) is 0 Å². The van der Waals surface area contributed by atoms with Crippen molar-refractivity contribution in [1.82, 2.24) is 10.0 Å². The number of hydroxylamine groups is 1. The maximum absolute atomic E-state index is 12.5. The molecule has 0 aliphatic rings. The van der Waals surface area contributed by atoms with Gasteiger partial charge >= 0.3 is 0 Å². The molecule has 1 heterocycles. The topological polar surface area (TPSA) is 52.5 Å². The van der Waals surface area contributed by atoms with Crippen LogP contribution in [0.3, 0.4) is 0 Å². The molecule has 0 unspecified atom stereocenters. The van der Waals surface area contributed by atoms with Gasteiger partial charge in [0, 0.05) is 19.3 Å². The van der Waals surface area contributed by atoms with E-state index in [0.717, 1.165) is 36.9 Å². The molecule has 5 heteroatoms. The van der Waals surface area contributed by atoms with E-state index in [0.29, 0.717) is 25.5 Å². The Morgan fingerprint density at radius 1 is 0.759 bits per heavy atom. The Kier molecular flexibility index (Phi) is 8.51. The number of hydrogen-bond donors (Lipinski definition) is 1. The standard InChI is InChI=1S/C24H28N2O3/c27-24-23(28-19-21-11-4-1-5-12-21)15-10-18-26(24)17-9-3-8-16-25-29-20-22-13-6-2-7-14-22/h1-2,4-7,10-15,18,25H,3,8-9,16-17,19-20H2. The third kappa shape index (κ3) is 7.22.